The van der Waals surface area contributed by atoms with Crippen molar-refractivity contribution in [1.82, 2.24) is 4.90 Å². The fourth-order valence-electron chi connectivity index (χ4n) is 5.65. The molecule has 4 heteroatoms. The maximum atomic E-state index is 6.50. The van der Waals surface area contributed by atoms with Crippen LogP contribution in [-0.2, 0) is 10.6 Å². The molecular formula is C26H23ClN2O. The second kappa shape index (κ2) is 6.97. The van der Waals surface area contributed by atoms with Gasteiger partial charge in [0.05, 0.1) is 11.6 Å². The van der Waals surface area contributed by atoms with Gasteiger partial charge in [0.1, 0.15) is 0 Å². The number of likely N-dealkylation sites (tertiary alicyclic amines) is 1. The second-order valence-electron chi connectivity index (χ2n) is 8.42. The van der Waals surface area contributed by atoms with Crippen LogP contribution in [0.3, 0.4) is 0 Å². The first kappa shape index (κ1) is 18.2. The molecule has 150 valence electrons. The van der Waals surface area contributed by atoms with Crippen LogP contribution in [-0.4, -0.2) is 23.7 Å². The largest absolute Gasteiger partial charge is 0.367 e. The summed E-state index contributed by atoms with van der Waals surface area (Å²) < 4.78 is 0. The minimum atomic E-state index is -0.539. The number of halogens is 1. The Morgan fingerprint density at radius 1 is 0.867 bits per heavy atom. The summed E-state index contributed by atoms with van der Waals surface area (Å²) in [6, 6.07) is 27.6. The highest BCUT2D eigenvalue weighted by atomic mass is 35.5. The maximum Gasteiger partial charge on any atom is 0.226 e. The highest BCUT2D eigenvalue weighted by Gasteiger charge is 2.63. The number of nitrogens with zero attached hydrogens (tertiary/aromatic N) is 2. The van der Waals surface area contributed by atoms with Crippen molar-refractivity contribution in [2.24, 2.45) is 11.1 Å². The van der Waals surface area contributed by atoms with Crippen molar-refractivity contribution in [1.29, 1.82) is 0 Å². The Bertz CT molecular complexity index is 1110. The molecule has 3 aliphatic rings. The Hall–Kier alpha value is -2.62. The van der Waals surface area contributed by atoms with E-state index < -0.39 is 5.72 Å². The van der Waals surface area contributed by atoms with E-state index in [1.165, 1.54) is 29.5 Å². The van der Waals surface area contributed by atoms with Crippen molar-refractivity contribution in [3.63, 3.8) is 0 Å². The lowest BCUT2D eigenvalue weighted by Gasteiger charge is -2.38. The number of hydrogen-bond acceptors (Lipinski definition) is 3. The first-order chi connectivity index (χ1) is 14.8. The molecule has 2 heterocycles. The van der Waals surface area contributed by atoms with Gasteiger partial charge in [-0.15, -0.1) is 0 Å². The molecule has 3 atom stereocenters. The number of fused-ring (bicyclic) bond motifs is 3. The molecule has 1 saturated heterocycles. The van der Waals surface area contributed by atoms with E-state index in [2.05, 4.69) is 71.6 Å². The number of hydrogen-bond donors (Lipinski definition) is 0. The molecule has 0 aromatic heterocycles. The highest BCUT2D eigenvalue weighted by molar-refractivity contribution is 6.30. The quantitative estimate of drug-likeness (QED) is 0.542. The Labute approximate surface area is 181 Å². The van der Waals surface area contributed by atoms with Gasteiger partial charge in [-0.2, -0.15) is 0 Å². The zero-order valence-electron chi connectivity index (χ0n) is 16.7. The van der Waals surface area contributed by atoms with Gasteiger partial charge in [-0.05, 0) is 41.7 Å². The Morgan fingerprint density at radius 2 is 1.57 bits per heavy atom. The lowest BCUT2D eigenvalue weighted by Crippen LogP contribution is -2.49. The third-order valence-electron chi connectivity index (χ3n) is 6.89. The summed E-state index contributed by atoms with van der Waals surface area (Å²) >= 11 is 6.18. The molecule has 2 aliphatic heterocycles. The highest BCUT2D eigenvalue weighted by Crippen LogP contribution is 2.59. The molecule has 1 fully saturated rings. The fraction of sp³-hybridized carbons (Fsp3) is 0.269. The van der Waals surface area contributed by atoms with Crippen LogP contribution in [0.2, 0.25) is 5.02 Å². The van der Waals surface area contributed by atoms with E-state index in [1.807, 2.05) is 12.1 Å². The molecule has 0 N–H and O–H groups in total. The molecule has 0 amide bonds. The third kappa shape index (κ3) is 2.52. The SMILES string of the molecule is Clc1ccc(C2=NO[C@@]3(N4CCCC4)c4ccccc4[C@H](c4ccccc4)[C@@H]23)cc1. The first-order valence-corrected chi connectivity index (χ1v) is 11.1. The van der Waals surface area contributed by atoms with Gasteiger partial charge in [0.25, 0.3) is 0 Å². The van der Waals surface area contributed by atoms with E-state index in [4.69, 9.17) is 21.6 Å². The Morgan fingerprint density at radius 3 is 2.33 bits per heavy atom. The summed E-state index contributed by atoms with van der Waals surface area (Å²) in [5.41, 5.74) is 5.48. The minimum Gasteiger partial charge on any atom is -0.367 e. The van der Waals surface area contributed by atoms with Crippen LogP contribution in [0.25, 0.3) is 0 Å². The molecule has 3 aromatic carbocycles. The van der Waals surface area contributed by atoms with Gasteiger partial charge in [-0.3, -0.25) is 4.90 Å². The average Bonchev–Trinajstić information content (AvgIpc) is 3.50. The topological polar surface area (TPSA) is 24.8 Å². The number of benzene rings is 3. The van der Waals surface area contributed by atoms with Gasteiger partial charge < -0.3 is 4.84 Å². The van der Waals surface area contributed by atoms with Crippen molar-refractivity contribution in [2.75, 3.05) is 13.1 Å². The van der Waals surface area contributed by atoms with Crippen LogP contribution in [0, 0.1) is 5.92 Å². The summed E-state index contributed by atoms with van der Waals surface area (Å²) in [5, 5.41) is 5.48. The normalized spacial score (nSPS) is 27.4. The molecule has 1 aliphatic carbocycles. The molecule has 0 unspecified atom stereocenters. The van der Waals surface area contributed by atoms with Crippen LogP contribution in [0.1, 0.15) is 41.0 Å². The van der Waals surface area contributed by atoms with Crippen LogP contribution >= 0.6 is 11.6 Å². The fourth-order valence-corrected chi connectivity index (χ4v) is 5.78. The predicted molar refractivity (Wildman–Crippen MR) is 120 cm³/mol. The molecule has 0 saturated carbocycles. The second-order valence-corrected chi connectivity index (χ2v) is 8.86. The van der Waals surface area contributed by atoms with Gasteiger partial charge in [0.2, 0.25) is 5.72 Å². The standard InChI is InChI=1S/C26H23ClN2O/c27-20-14-12-19(13-15-20)25-24-23(18-8-2-1-3-9-18)21-10-4-5-11-22(21)26(24,30-28-25)29-16-6-7-17-29/h1-5,8-15,23-24H,6-7,16-17H2/t23-,24-,26-/m0/s1. The van der Waals surface area contributed by atoms with Crippen LogP contribution in [0.4, 0.5) is 0 Å². The van der Waals surface area contributed by atoms with E-state index in [0.29, 0.717) is 0 Å². The summed E-state index contributed by atoms with van der Waals surface area (Å²) in [4.78, 5) is 9.02. The van der Waals surface area contributed by atoms with Crippen LogP contribution in [0.15, 0.2) is 84.0 Å². The number of oxime groups is 1. The van der Waals surface area contributed by atoms with Gasteiger partial charge in [0.15, 0.2) is 0 Å². The summed E-state index contributed by atoms with van der Waals surface area (Å²) in [6.07, 6.45) is 2.40. The maximum absolute atomic E-state index is 6.50. The molecular weight excluding hydrogens is 392 g/mol. The summed E-state index contributed by atoms with van der Waals surface area (Å²) in [6.45, 7) is 2.07. The monoisotopic (exact) mass is 414 g/mol. The third-order valence-corrected chi connectivity index (χ3v) is 7.14. The first-order valence-electron chi connectivity index (χ1n) is 10.7. The lowest BCUT2D eigenvalue weighted by molar-refractivity contribution is -0.155. The number of rotatable bonds is 3. The zero-order valence-corrected chi connectivity index (χ0v) is 17.4. The van der Waals surface area contributed by atoms with Gasteiger partial charge in [-0.1, -0.05) is 83.5 Å². The molecule has 6 rings (SSSR count). The molecule has 0 spiro atoms. The van der Waals surface area contributed by atoms with Crippen LogP contribution in [0.5, 0.6) is 0 Å². The average molecular weight is 415 g/mol. The smallest absolute Gasteiger partial charge is 0.226 e. The molecule has 0 bridgehead atoms. The minimum absolute atomic E-state index is 0.0941. The zero-order chi connectivity index (χ0) is 20.1. The van der Waals surface area contributed by atoms with E-state index in [0.717, 1.165) is 29.4 Å². The lowest BCUT2D eigenvalue weighted by atomic mass is 9.78. The van der Waals surface area contributed by atoms with Crippen molar-refractivity contribution >= 4 is 17.3 Å². The van der Waals surface area contributed by atoms with E-state index in [1.54, 1.807) is 0 Å². The summed E-state index contributed by atoms with van der Waals surface area (Å²) in [7, 11) is 0. The van der Waals surface area contributed by atoms with Crippen LogP contribution < -0.4 is 0 Å². The van der Waals surface area contributed by atoms with Crippen molar-refractivity contribution in [3.05, 3.63) is 106 Å². The predicted octanol–water partition coefficient (Wildman–Crippen LogP) is 5.78. The molecule has 30 heavy (non-hydrogen) atoms. The van der Waals surface area contributed by atoms with E-state index >= 15 is 0 Å². The van der Waals surface area contributed by atoms with Crippen molar-refractivity contribution < 1.29 is 4.84 Å². The molecule has 3 aromatic rings. The van der Waals surface area contributed by atoms with Crippen molar-refractivity contribution in [3.8, 4) is 0 Å². The van der Waals surface area contributed by atoms with Gasteiger partial charge in [0, 0.05) is 29.6 Å². The van der Waals surface area contributed by atoms with Gasteiger partial charge >= 0.3 is 0 Å². The van der Waals surface area contributed by atoms with E-state index in [9.17, 15) is 0 Å². The molecule has 0 radical (unpaired) electrons. The van der Waals surface area contributed by atoms with Gasteiger partial charge in [-0.25, -0.2) is 0 Å². The van der Waals surface area contributed by atoms with Crippen molar-refractivity contribution in [2.45, 2.75) is 24.5 Å². The van der Waals surface area contributed by atoms with E-state index in [-0.39, 0.29) is 11.8 Å². The summed E-state index contributed by atoms with van der Waals surface area (Å²) in [5.74, 6) is 0.288. The Balaban J connectivity index is 1.58. The Kier molecular flexibility index (Phi) is 4.22. The molecule has 3 nitrogen and oxygen atoms in total.